The van der Waals surface area contributed by atoms with Gasteiger partial charge in [0, 0.05) is 43.9 Å². The zero-order valence-electron chi connectivity index (χ0n) is 23.1. The summed E-state index contributed by atoms with van der Waals surface area (Å²) >= 11 is 5.96. The lowest BCUT2D eigenvalue weighted by Gasteiger charge is -2.32. The number of carbonyl (C=O) groups is 1. The molecule has 0 saturated heterocycles. The minimum Gasteiger partial charge on any atom is -0.493 e. The normalized spacial score (nSPS) is 17.2. The number of halogens is 3. The number of carbonyl (C=O) groups excluding carboxylic acids is 1. The highest BCUT2D eigenvalue weighted by atomic mass is 35.5. The van der Waals surface area contributed by atoms with Crippen LogP contribution >= 0.6 is 11.8 Å². The first-order chi connectivity index (χ1) is 18.0. The number of rotatable bonds is 16. The summed E-state index contributed by atoms with van der Waals surface area (Å²) in [7, 11) is 3.23. The molecule has 3 atom stereocenters. The van der Waals surface area contributed by atoms with Gasteiger partial charge in [-0.3, -0.25) is 4.79 Å². The fraction of sp³-hybridized carbons (Fsp3) is 0.750. The van der Waals surface area contributed by atoms with E-state index in [2.05, 4.69) is 13.8 Å². The van der Waals surface area contributed by atoms with E-state index in [4.69, 9.17) is 31.7 Å². The minimum atomic E-state index is -3.55. The topological polar surface area (TPSA) is 94.3 Å². The Bertz CT molecular complexity index is 855. The summed E-state index contributed by atoms with van der Waals surface area (Å²) in [5.74, 6) is -4.44. The van der Waals surface area contributed by atoms with Crippen LogP contribution in [-0.2, 0) is 16.0 Å². The Balaban J connectivity index is 1.99. The molecule has 1 aromatic rings. The van der Waals surface area contributed by atoms with Gasteiger partial charge in [0.25, 0.3) is 0 Å². The molecule has 1 aliphatic rings. The fourth-order valence-electron chi connectivity index (χ4n) is 4.93. The van der Waals surface area contributed by atoms with Gasteiger partial charge in [-0.2, -0.15) is 8.78 Å². The van der Waals surface area contributed by atoms with Crippen LogP contribution in [0.3, 0.4) is 0 Å². The van der Waals surface area contributed by atoms with Crippen LogP contribution in [0.1, 0.15) is 64.4 Å². The van der Waals surface area contributed by atoms with E-state index in [1.165, 1.54) is 0 Å². The van der Waals surface area contributed by atoms with Gasteiger partial charge < -0.3 is 25.1 Å². The molecule has 3 N–H and O–H groups in total. The number of ether oxygens (including phenoxy) is 3. The van der Waals surface area contributed by atoms with E-state index in [0.717, 1.165) is 18.4 Å². The molecule has 218 valence electrons. The van der Waals surface area contributed by atoms with Crippen LogP contribution in [0, 0.1) is 17.8 Å². The van der Waals surface area contributed by atoms with E-state index in [1.54, 1.807) is 14.2 Å². The monoisotopic (exact) mass is 562 g/mol. The molecule has 0 spiro atoms. The molecule has 7 nitrogen and oxygen atoms in total. The molecular weight excluding hydrogens is 518 g/mol. The van der Waals surface area contributed by atoms with Crippen molar-refractivity contribution >= 4 is 17.7 Å². The Morgan fingerprint density at radius 3 is 2.47 bits per heavy atom. The van der Waals surface area contributed by atoms with Gasteiger partial charge in [-0.05, 0) is 55.2 Å². The summed E-state index contributed by atoms with van der Waals surface area (Å²) < 4.78 is 46.3. The Labute approximate surface area is 231 Å². The second-order valence-electron chi connectivity index (χ2n) is 10.7. The average Bonchev–Trinajstić information content (AvgIpc) is 2.90. The molecule has 1 fully saturated rings. The number of hydrogen-bond donors (Lipinski definition) is 2. The number of nitrogens with two attached hydrogens (primary N) is 1. The van der Waals surface area contributed by atoms with Crippen LogP contribution in [0.5, 0.6) is 11.5 Å². The fourth-order valence-corrected chi connectivity index (χ4v) is 5.19. The standard InChI is InChI=1S/C28H45ClF2N2O5/c1-19(2)21(15-20-11-12-25(37-4)26(16-20)38-14-8-13-36-3)17-23(32)24(34)18-33(29)27(35)28(30,31)22-9-6-5-7-10-22/h11-12,16,19,21-24,34H,5-10,13-15,17-18,32H2,1-4H3/t21-,23-,24-/m0/s1. The van der Waals surface area contributed by atoms with Gasteiger partial charge in [0.05, 0.1) is 26.4 Å². The van der Waals surface area contributed by atoms with Crippen molar-refractivity contribution in [3.63, 3.8) is 0 Å². The first-order valence-electron chi connectivity index (χ1n) is 13.6. The van der Waals surface area contributed by atoms with E-state index in [0.29, 0.717) is 67.7 Å². The zero-order valence-corrected chi connectivity index (χ0v) is 23.9. The van der Waals surface area contributed by atoms with Gasteiger partial charge in [-0.15, -0.1) is 0 Å². The summed E-state index contributed by atoms with van der Waals surface area (Å²) in [6.07, 6.45) is 3.44. The lowest BCUT2D eigenvalue weighted by atomic mass is 9.83. The molecule has 0 aliphatic heterocycles. The van der Waals surface area contributed by atoms with Crippen LogP contribution in [0.15, 0.2) is 18.2 Å². The van der Waals surface area contributed by atoms with E-state index < -0.39 is 36.4 Å². The maximum Gasteiger partial charge on any atom is 0.328 e. The lowest BCUT2D eigenvalue weighted by molar-refractivity contribution is -0.163. The number of alkyl halides is 2. The molecule has 1 aliphatic carbocycles. The first-order valence-corrected chi connectivity index (χ1v) is 13.9. The summed E-state index contributed by atoms with van der Waals surface area (Å²) in [6.45, 7) is 4.76. The smallest absolute Gasteiger partial charge is 0.328 e. The summed E-state index contributed by atoms with van der Waals surface area (Å²) in [4.78, 5) is 12.5. The molecule has 38 heavy (non-hydrogen) atoms. The number of nitrogens with zero attached hydrogens (tertiary/aromatic N) is 1. The molecule has 2 rings (SSSR count). The summed E-state index contributed by atoms with van der Waals surface area (Å²) in [5.41, 5.74) is 7.31. The predicted molar refractivity (Wildman–Crippen MR) is 145 cm³/mol. The van der Waals surface area contributed by atoms with Crippen LogP contribution in [0.25, 0.3) is 0 Å². The van der Waals surface area contributed by atoms with Crippen molar-refractivity contribution in [3.8, 4) is 11.5 Å². The van der Waals surface area contributed by atoms with Crippen LogP contribution in [0.2, 0.25) is 0 Å². The highest BCUT2D eigenvalue weighted by molar-refractivity contribution is 6.22. The maximum absolute atomic E-state index is 14.8. The Morgan fingerprint density at radius 2 is 1.87 bits per heavy atom. The Morgan fingerprint density at radius 1 is 1.18 bits per heavy atom. The zero-order chi connectivity index (χ0) is 28.3. The molecule has 0 unspecified atom stereocenters. The quantitative estimate of drug-likeness (QED) is 0.212. The van der Waals surface area contributed by atoms with Crippen molar-refractivity contribution < 1.29 is 32.9 Å². The minimum absolute atomic E-state index is 0.0811. The Hall–Kier alpha value is -1.68. The number of aliphatic hydroxyl groups is 1. The third-order valence-corrected chi connectivity index (χ3v) is 7.75. The summed E-state index contributed by atoms with van der Waals surface area (Å²) in [5, 5.41) is 10.7. The second kappa shape index (κ2) is 15.8. The molecule has 0 aromatic heterocycles. The molecular formula is C28H45ClF2N2O5. The van der Waals surface area contributed by atoms with Crippen molar-refractivity contribution in [2.24, 2.45) is 23.5 Å². The van der Waals surface area contributed by atoms with Crippen molar-refractivity contribution in [2.75, 3.05) is 34.0 Å². The highest BCUT2D eigenvalue weighted by Gasteiger charge is 2.49. The van der Waals surface area contributed by atoms with Gasteiger partial charge in [0.2, 0.25) is 0 Å². The molecule has 10 heteroatoms. The third kappa shape index (κ3) is 9.50. The third-order valence-electron chi connectivity index (χ3n) is 7.46. The highest BCUT2D eigenvalue weighted by Crippen LogP contribution is 2.38. The van der Waals surface area contributed by atoms with Crippen LogP contribution in [0.4, 0.5) is 8.78 Å². The van der Waals surface area contributed by atoms with E-state index in [-0.39, 0.29) is 11.8 Å². The van der Waals surface area contributed by atoms with Gasteiger partial charge >= 0.3 is 11.8 Å². The molecule has 0 radical (unpaired) electrons. The van der Waals surface area contributed by atoms with Gasteiger partial charge in [0.15, 0.2) is 11.5 Å². The van der Waals surface area contributed by atoms with Gasteiger partial charge in [-0.25, -0.2) is 4.42 Å². The van der Waals surface area contributed by atoms with E-state index >= 15 is 0 Å². The van der Waals surface area contributed by atoms with Crippen molar-refractivity contribution in [1.29, 1.82) is 0 Å². The SMILES string of the molecule is COCCCOc1cc(C[C@@H](C[C@H](N)[C@@H](O)CN(Cl)C(=O)C(F)(F)C2CCCCC2)C(C)C)ccc1OC. The van der Waals surface area contributed by atoms with E-state index in [1.807, 2.05) is 18.2 Å². The molecule has 1 amide bonds. The Kier molecular flexibility index (Phi) is 13.5. The van der Waals surface area contributed by atoms with Crippen LogP contribution in [-0.4, -0.2) is 67.5 Å². The van der Waals surface area contributed by atoms with Crippen molar-refractivity contribution in [3.05, 3.63) is 23.8 Å². The number of methoxy groups -OCH3 is 2. The number of aliphatic hydroxyl groups excluding tert-OH is 1. The van der Waals surface area contributed by atoms with Gasteiger partial charge in [-0.1, -0.05) is 39.2 Å². The van der Waals surface area contributed by atoms with Gasteiger partial charge in [0.1, 0.15) is 0 Å². The predicted octanol–water partition coefficient (Wildman–Crippen LogP) is 5.20. The molecule has 0 bridgehead atoms. The van der Waals surface area contributed by atoms with Crippen molar-refractivity contribution in [1.82, 2.24) is 4.42 Å². The molecule has 0 heterocycles. The first kappa shape index (κ1) is 32.5. The van der Waals surface area contributed by atoms with E-state index in [9.17, 15) is 18.7 Å². The lowest BCUT2D eigenvalue weighted by Crippen LogP contribution is -2.49. The molecule has 1 aromatic carbocycles. The summed E-state index contributed by atoms with van der Waals surface area (Å²) in [6, 6.07) is 5.01. The molecule has 1 saturated carbocycles. The largest absolute Gasteiger partial charge is 0.493 e. The van der Waals surface area contributed by atoms with Crippen LogP contribution < -0.4 is 15.2 Å². The maximum atomic E-state index is 14.8. The number of benzene rings is 1. The van der Waals surface area contributed by atoms with Crippen molar-refractivity contribution in [2.45, 2.75) is 83.3 Å². The number of hydrogen-bond acceptors (Lipinski definition) is 6. The average molecular weight is 563 g/mol. The number of amides is 1. The second-order valence-corrected chi connectivity index (χ2v) is 11.1.